The summed E-state index contributed by atoms with van der Waals surface area (Å²) in [5, 5.41) is 12.1. The molecule has 0 saturated carbocycles. The molecule has 0 aliphatic carbocycles. The maximum absolute atomic E-state index is 5.21. The molecule has 2 heterocycles. The highest BCUT2D eigenvalue weighted by molar-refractivity contribution is 9.11. The van der Waals surface area contributed by atoms with Crippen LogP contribution >= 0.6 is 39.0 Å². The van der Waals surface area contributed by atoms with Gasteiger partial charge in [-0.05, 0) is 16.6 Å². The lowest BCUT2D eigenvalue weighted by Crippen LogP contribution is -1.96. The number of hydrogen-bond acceptors (Lipinski definition) is 6. The number of halogens is 1. The van der Waals surface area contributed by atoms with E-state index in [1.54, 1.807) is 18.0 Å². The Morgan fingerprint density at radius 1 is 1.59 bits per heavy atom. The van der Waals surface area contributed by atoms with Gasteiger partial charge in [0.25, 0.3) is 0 Å². The minimum Gasteiger partial charge on any atom is -0.467 e. The molecule has 0 saturated heterocycles. The van der Waals surface area contributed by atoms with E-state index in [1.165, 1.54) is 11.3 Å². The van der Waals surface area contributed by atoms with Crippen LogP contribution in [0.4, 0.5) is 5.13 Å². The van der Waals surface area contributed by atoms with E-state index < -0.39 is 0 Å². The first kappa shape index (κ1) is 12.7. The fourth-order valence-electron chi connectivity index (χ4n) is 1.06. The van der Waals surface area contributed by atoms with Crippen LogP contribution in [0.2, 0.25) is 0 Å². The number of hydrogen-bond donors (Lipinski definition) is 1. The Bertz CT molecular complexity index is 483. The largest absolute Gasteiger partial charge is 0.467 e. The summed E-state index contributed by atoms with van der Waals surface area (Å²) in [4.78, 5) is 0. The third-order valence-electron chi connectivity index (χ3n) is 1.75. The summed E-state index contributed by atoms with van der Waals surface area (Å²) in [6.45, 7) is 4.39. The molecule has 0 fully saturated rings. The second kappa shape index (κ2) is 6.23. The molecule has 0 bridgehead atoms. The van der Waals surface area contributed by atoms with Gasteiger partial charge < -0.3 is 9.73 Å². The standard InChI is InChI=1S/C10H10BrN3OS2/c1-7(11)6-16-10-14-13-9(17-10)12-5-8-3-2-4-15-8/h2-4H,1,5-6H2,(H,12,13). The summed E-state index contributed by atoms with van der Waals surface area (Å²) in [6.07, 6.45) is 1.65. The van der Waals surface area contributed by atoms with Crippen LogP contribution in [-0.2, 0) is 6.54 Å². The molecule has 0 spiro atoms. The van der Waals surface area contributed by atoms with Gasteiger partial charge in [0.2, 0.25) is 5.13 Å². The second-order valence-corrected chi connectivity index (χ2v) is 6.43. The zero-order valence-corrected chi connectivity index (χ0v) is 12.1. The van der Waals surface area contributed by atoms with Gasteiger partial charge >= 0.3 is 0 Å². The third-order valence-corrected chi connectivity index (χ3v) is 4.50. The lowest BCUT2D eigenvalue weighted by molar-refractivity contribution is 0.518. The first-order chi connectivity index (χ1) is 8.24. The van der Waals surface area contributed by atoms with Crippen LogP contribution in [0.1, 0.15) is 5.76 Å². The number of rotatable bonds is 6. The SMILES string of the molecule is C=C(Br)CSc1nnc(NCc2ccco2)s1. The van der Waals surface area contributed by atoms with E-state index in [9.17, 15) is 0 Å². The van der Waals surface area contributed by atoms with Crippen molar-refractivity contribution in [3.05, 3.63) is 35.2 Å². The summed E-state index contributed by atoms with van der Waals surface area (Å²) in [5.74, 6) is 1.68. The van der Waals surface area contributed by atoms with E-state index in [0.29, 0.717) is 6.54 Å². The number of furan rings is 1. The molecule has 4 nitrogen and oxygen atoms in total. The van der Waals surface area contributed by atoms with Gasteiger partial charge in [0, 0.05) is 5.75 Å². The number of nitrogens with zero attached hydrogens (tertiary/aromatic N) is 2. The third kappa shape index (κ3) is 4.18. The van der Waals surface area contributed by atoms with Crippen molar-refractivity contribution in [1.82, 2.24) is 10.2 Å². The molecule has 0 aliphatic rings. The van der Waals surface area contributed by atoms with Crippen molar-refractivity contribution >= 4 is 44.2 Å². The molecule has 90 valence electrons. The Labute approximate surface area is 116 Å². The Kier molecular flexibility index (Phi) is 4.64. The lowest BCUT2D eigenvalue weighted by Gasteiger charge is -1.96. The van der Waals surface area contributed by atoms with Crippen molar-refractivity contribution in [2.45, 2.75) is 10.9 Å². The van der Waals surface area contributed by atoms with E-state index in [2.05, 4.69) is 38.0 Å². The van der Waals surface area contributed by atoms with Crippen molar-refractivity contribution in [3.8, 4) is 0 Å². The van der Waals surface area contributed by atoms with Crippen LogP contribution in [-0.4, -0.2) is 16.0 Å². The molecule has 2 aromatic rings. The van der Waals surface area contributed by atoms with Crippen LogP contribution in [0.5, 0.6) is 0 Å². The molecule has 17 heavy (non-hydrogen) atoms. The van der Waals surface area contributed by atoms with Crippen molar-refractivity contribution < 1.29 is 4.42 Å². The van der Waals surface area contributed by atoms with E-state index >= 15 is 0 Å². The normalized spacial score (nSPS) is 10.4. The van der Waals surface area contributed by atoms with Gasteiger partial charge in [-0.2, -0.15) is 0 Å². The first-order valence-corrected chi connectivity index (χ1v) is 7.39. The first-order valence-electron chi connectivity index (χ1n) is 4.80. The van der Waals surface area contributed by atoms with Crippen molar-refractivity contribution in [3.63, 3.8) is 0 Å². The minimum absolute atomic E-state index is 0.622. The maximum atomic E-state index is 5.21. The Morgan fingerprint density at radius 3 is 3.18 bits per heavy atom. The van der Waals surface area contributed by atoms with Crippen LogP contribution in [0.3, 0.4) is 0 Å². The molecular weight excluding hydrogens is 322 g/mol. The average Bonchev–Trinajstić information content (AvgIpc) is 2.95. The van der Waals surface area contributed by atoms with Gasteiger partial charge in [0.1, 0.15) is 5.76 Å². The molecule has 2 rings (SSSR count). The molecule has 0 radical (unpaired) electrons. The van der Waals surface area contributed by atoms with Gasteiger partial charge in [-0.15, -0.1) is 10.2 Å². The van der Waals surface area contributed by atoms with E-state index in [1.807, 2.05) is 12.1 Å². The Hall–Kier alpha value is -0.790. The van der Waals surface area contributed by atoms with E-state index in [-0.39, 0.29) is 0 Å². The highest BCUT2D eigenvalue weighted by atomic mass is 79.9. The average molecular weight is 332 g/mol. The predicted octanol–water partition coefficient (Wildman–Crippen LogP) is 3.74. The molecule has 0 unspecified atom stereocenters. The Balaban J connectivity index is 1.83. The quantitative estimate of drug-likeness (QED) is 0.817. The number of anilines is 1. The van der Waals surface area contributed by atoms with Crippen LogP contribution in [0.15, 0.2) is 38.2 Å². The van der Waals surface area contributed by atoms with Gasteiger partial charge in [0.15, 0.2) is 4.34 Å². The topological polar surface area (TPSA) is 51.0 Å². The smallest absolute Gasteiger partial charge is 0.206 e. The number of aromatic nitrogens is 2. The number of thioether (sulfide) groups is 1. The van der Waals surface area contributed by atoms with Gasteiger partial charge in [-0.3, -0.25) is 0 Å². The summed E-state index contributed by atoms with van der Waals surface area (Å²) in [6, 6.07) is 3.78. The fraction of sp³-hybridized carbons (Fsp3) is 0.200. The molecule has 0 amide bonds. The number of nitrogens with one attached hydrogen (secondary N) is 1. The molecular formula is C10H10BrN3OS2. The van der Waals surface area contributed by atoms with Crippen molar-refractivity contribution in [1.29, 1.82) is 0 Å². The summed E-state index contributed by atoms with van der Waals surface area (Å²) in [5.41, 5.74) is 0. The van der Waals surface area contributed by atoms with Crippen LogP contribution < -0.4 is 5.32 Å². The van der Waals surface area contributed by atoms with Gasteiger partial charge in [-0.1, -0.05) is 45.6 Å². The van der Waals surface area contributed by atoms with E-state index in [4.69, 9.17) is 4.42 Å². The van der Waals surface area contributed by atoms with Gasteiger partial charge in [-0.25, -0.2) is 0 Å². The molecule has 0 aromatic carbocycles. The highest BCUT2D eigenvalue weighted by Crippen LogP contribution is 2.27. The van der Waals surface area contributed by atoms with Crippen molar-refractivity contribution in [2.24, 2.45) is 0 Å². The summed E-state index contributed by atoms with van der Waals surface area (Å²) < 4.78 is 7.08. The lowest BCUT2D eigenvalue weighted by atomic mass is 10.4. The predicted molar refractivity (Wildman–Crippen MR) is 74.7 cm³/mol. The zero-order valence-electron chi connectivity index (χ0n) is 8.85. The van der Waals surface area contributed by atoms with Crippen LogP contribution in [0, 0.1) is 0 Å². The summed E-state index contributed by atoms with van der Waals surface area (Å²) >= 11 is 6.44. The Morgan fingerprint density at radius 2 is 2.47 bits per heavy atom. The molecule has 0 atom stereocenters. The molecule has 0 aliphatic heterocycles. The highest BCUT2D eigenvalue weighted by Gasteiger charge is 2.05. The molecule has 1 N–H and O–H groups in total. The monoisotopic (exact) mass is 331 g/mol. The molecule has 2 aromatic heterocycles. The van der Waals surface area contributed by atoms with Crippen LogP contribution in [0.25, 0.3) is 0 Å². The van der Waals surface area contributed by atoms with E-state index in [0.717, 1.165) is 25.5 Å². The zero-order chi connectivity index (χ0) is 12.1. The van der Waals surface area contributed by atoms with Gasteiger partial charge in [0.05, 0.1) is 12.8 Å². The minimum atomic E-state index is 0.622. The fourth-order valence-corrected chi connectivity index (χ4v) is 2.90. The maximum Gasteiger partial charge on any atom is 0.206 e. The second-order valence-electron chi connectivity index (χ2n) is 3.11. The molecule has 7 heteroatoms. The van der Waals surface area contributed by atoms with Crippen molar-refractivity contribution in [2.75, 3.05) is 11.1 Å². The summed E-state index contributed by atoms with van der Waals surface area (Å²) in [7, 11) is 0.